The average molecular weight is 358 g/mol. The number of nitrogens with zero attached hydrogens (tertiary/aromatic N) is 2. The molecule has 0 aliphatic heterocycles. The van der Waals surface area contributed by atoms with Gasteiger partial charge in [-0.2, -0.15) is 0 Å². The lowest BCUT2D eigenvalue weighted by Gasteiger charge is -2.08. The lowest BCUT2D eigenvalue weighted by Crippen LogP contribution is -2.15. The molecule has 2 aromatic heterocycles. The van der Waals surface area contributed by atoms with Crippen molar-refractivity contribution in [3.05, 3.63) is 46.9 Å². The molecule has 1 aliphatic rings. The van der Waals surface area contributed by atoms with Gasteiger partial charge in [-0.15, -0.1) is 0 Å². The highest BCUT2D eigenvalue weighted by molar-refractivity contribution is 6.34. The molecule has 1 aromatic carbocycles. The number of ether oxygens (including phenoxy) is 1. The van der Waals surface area contributed by atoms with Gasteiger partial charge in [0.15, 0.2) is 17.2 Å². The third-order valence-electron chi connectivity index (χ3n) is 3.92. The Morgan fingerprint density at radius 3 is 2.92 bits per heavy atom. The minimum absolute atomic E-state index is 0.117. The van der Waals surface area contributed by atoms with Gasteiger partial charge < -0.3 is 14.5 Å². The van der Waals surface area contributed by atoms with Crippen molar-refractivity contribution in [1.29, 1.82) is 0 Å². The molecule has 1 saturated carbocycles. The number of aromatic nitrogens is 2. The molecule has 25 heavy (non-hydrogen) atoms. The first-order valence-electron chi connectivity index (χ1n) is 8.15. The molecule has 0 unspecified atom stereocenters. The van der Waals surface area contributed by atoms with Gasteiger partial charge in [0.1, 0.15) is 5.52 Å². The maximum atomic E-state index is 12.5. The topological polar surface area (TPSA) is 77.2 Å². The Balaban J connectivity index is 1.57. The van der Waals surface area contributed by atoms with Crippen LogP contribution in [0.25, 0.3) is 11.1 Å². The fourth-order valence-electron chi connectivity index (χ4n) is 2.53. The van der Waals surface area contributed by atoms with Gasteiger partial charge in [0.05, 0.1) is 11.6 Å². The van der Waals surface area contributed by atoms with Crippen molar-refractivity contribution in [2.45, 2.75) is 25.7 Å². The minimum Gasteiger partial charge on any atom is -0.478 e. The zero-order valence-electron chi connectivity index (χ0n) is 13.6. The number of carbonyl (C=O) groups excluding carboxylic acids is 1. The number of pyridine rings is 1. The summed E-state index contributed by atoms with van der Waals surface area (Å²) in [5, 5.41) is 3.05. The maximum absolute atomic E-state index is 12.5. The number of hydrogen-bond donors (Lipinski definition) is 1. The summed E-state index contributed by atoms with van der Waals surface area (Å²) in [5.74, 6) is 1.16. The molecule has 0 bridgehead atoms. The van der Waals surface area contributed by atoms with Crippen molar-refractivity contribution in [3.63, 3.8) is 0 Å². The molecule has 7 heteroatoms. The smallest absolute Gasteiger partial charge is 0.275 e. The van der Waals surface area contributed by atoms with E-state index >= 15 is 0 Å². The second-order valence-corrected chi connectivity index (χ2v) is 6.28. The van der Waals surface area contributed by atoms with Crippen molar-refractivity contribution in [2.75, 3.05) is 11.9 Å². The number of rotatable bonds is 5. The number of halogens is 1. The molecule has 0 radical (unpaired) electrons. The largest absolute Gasteiger partial charge is 0.478 e. The van der Waals surface area contributed by atoms with Crippen LogP contribution < -0.4 is 10.1 Å². The zero-order valence-corrected chi connectivity index (χ0v) is 14.3. The van der Waals surface area contributed by atoms with E-state index in [1.807, 2.05) is 6.92 Å². The number of anilines is 1. The summed E-state index contributed by atoms with van der Waals surface area (Å²) in [6, 6.07) is 8.57. The summed E-state index contributed by atoms with van der Waals surface area (Å²) < 4.78 is 11.0. The number of oxazole rings is 1. The Morgan fingerprint density at radius 1 is 1.32 bits per heavy atom. The van der Waals surface area contributed by atoms with E-state index in [1.54, 1.807) is 30.3 Å². The normalized spacial score (nSPS) is 13.8. The highest BCUT2D eigenvalue weighted by Crippen LogP contribution is 2.40. The van der Waals surface area contributed by atoms with Crippen LogP contribution in [0.15, 0.2) is 34.7 Å². The Labute approximate surface area is 149 Å². The molecule has 1 amide bonds. The number of benzene rings is 1. The summed E-state index contributed by atoms with van der Waals surface area (Å²) in [7, 11) is 0. The SMILES string of the molecule is CCOc1ccc(Cl)c(C(=O)Nc2ccc3oc(C4CC4)nc3c2)n1. The van der Waals surface area contributed by atoms with Crippen molar-refractivity contribution in [2.24, 2.45) is 0 Å². The van der Waals surface area contributed by atoms with Crippen LogP contribution in [0.4, 0.5) is 5.69 Å². The van der Waals surface area contributed by atoms with Crippen LogP contribution in [0.2, 0.25) is 5.02 Å². The predicted molar refractivity (Wildman–Crippen MR) is 94.4 cm³/mol. The first-order valence-corrected chi connectivity index (χ1v) is 8.53. The summed E-state index contributed by atoms with van der Waals surface area (Å²) in [4.78, 5) is 21.1. The van der Waals surface area contributed by atoms with E-state index in [9.17, 15) is 4.79 Å². The molecule has 1 fully saturated rings. The van der Waals surface area contributed by atoms with Gasteiger partial charge in [0, 0.05) is 17.7 Å². The summed E-state index contributed by atoms with van der Waals surface area (Å²) in [6.07, 6.45) is 2.24. The molecule has 0 spiro atoms. The van der Waals surface area contributed by atoms with Gasteiger partial charge >= 0.3 is 0 Å². The van der Waals surface area contributed by atoms with Crippen LogP contribution in [0.5, 0.6) is 5.88 Å². The number of fused-ring (bicyclic) bond motifs is 1. The Hall–Kier alpha value is -2.60. The van der Waals surface area contributed by atoms with Crippen LogP contribution in [0.3, 0.4) is 0 Å². The maximum Gasteiger partial charge on any atom is 0.275 e. The third kappa shape index (κ3) is 3.30. The van der Waals surface area contributed by atoms with Crippen molar-refractivity contribution in [1.82, 2.24) is 9.97 Å². The zero-order chi connectivity index (χ0) is 17.4. The van der Waals surface area contributed by atoms with Crippen LogP contribution >= 0.6 is 11.6 Å². The van der Waals surface area contributed by atoms with Gasteiger partial charge in [-0.3, -0.25) is 4.79 Å². The molecule has 4 rings (SSSR count). The number of hydrogen-bond acceptors (Lipinski definition) is 5. The van der Waals surface area contributed by atoms with E-state index in [2.05, 4.69) is 15.3 Å². The Morgan fingerprint density at radius 2 is 2.16 bits per heavy atom. The highest BCUT2D eigenvalue weighted by atomic mass is 35.5. The Bertz CT molecular complexity index is 950. The van der Waals surface area contributed by atoms with Crippen LogP contribution in [-0.4, -0.2) is 22.5 Å². The molecule has 6 nitrogen and oxygen atoms in total. The number of nitrogens with one attached hydrogen (secondary N) is 1. The standard InChI is InChI=1S/C18H16ClN3O3/c1-2-24-15-8-6-12(19)16(22-15)17(23)20-11-5-7-14-13(9-11)21-18(25-14)10-3-4-10/h5-10H,2-4H2,1H3,(H,20,23). The fraction of sp³-hybridized carbons (Fsp3) is 0.278. The second kappa shape index (κ2) is 6.37. The van der Waals surface area contributed by atoms with Crippen LogP contribution in [0, 0.1) is 0 Å². The van der Waals surface area contributed by atoms with Gasteiger partial charge in [-0.05, 0) is 44.0 Å². The number of amides is 1. The molecule has 1 aliphatic carbocycles. The van der Waals surface area contributed by atoms with Gasteiger partial charge in [-0.1, -0.05) is 11.6 Å². The molecule has 2 heterocycles. The quantitative estimate of drug-likeness (QED) is 0.732. The molecule has 1 N–H and O–H groups in total. The van der Waals surface area contributed by atoms with Gasteiger partial charge in [-0.25, -0.2) is 9.97 Å². The van der Waals surface area contributed by atoms with Crippen LogP contribution in [-0.2, 0) is 0 Å². The third-order valence-corrected chi connectivity index (χ3v) is 4.22. The molecular weight excluding hydrogens is 342 g/mol. The second-order valence-electron chi connectivity index (χ2n) is 5.88. The highest BCUT2D eigenvalue weighted by Gasteiger charge is 2.29. The summed E-state index contributed by atoms with van der Waals surface area (Å²) in [6.45, 7) is 2.31. The van der Waals surface area contributed by atoms with Crippen LogP contribution in [0.1, 0.15) is 42.1 Å². The van der Waals surface area contributed by atoms with Crippen molar-refractivity contribution < 1.29 is 13.9 Å². The van der Waals surface area contributed by atoms with E-state index in [0.717, 1.165) is 29.8 Å². The molecule has 3 aromatic rings. The van der Waals surface area contributed by atoms with E-state index < -0.39 is 5.91 Å². The van der Waals surface area contributed by atoms with Crippen molar-refractivity contribution >= 4 is 34.3 Å². The number of carbonyl (C=O) groups is 1. The Kier molecular flexibility index (Phi) is 4.05. The lowest BCUT2D eigenvalue weighted by atomic mass is 10.2. The molecule has 128 valence electrons. The fourth-order valence-corrected chi connectivity index (χ4v) is 2.72. The molecular formula is C18H16ClN3O3. The first kappa shape index (κ1) is 15.9. The van der Waals surface area contributed by atoms with Gasteiger partial charge in [0.2, 0.25) is 5.88 Å². The minimum atomic E-state index is -0.406. The van der Waals surface area contributed by atoms with E-state index in [1.165, 1.54) is 0 Å². The van der Waals surface area contributed by atoms with E-state index in [4.69, 9.17) is 20.8 Å². The lowest BCUT2D eigenvalue weighted by molar-refractivity contribution is 0.102. The molecule has 0 atom stereocenters. The summed E-state index contributed by atoms with van der Waals surface area (Å²) >= 11 is 6.09. The predicted octanol–water partition coefficient (Wildman–Crippen LogP) is 4.40. The van der Waals surface area contributed by atoms with E-state index in [0.29, 0.717) is 24.1 Å². The van der Waals surface area contributed by atoms with E-state index in [-0.39, 0.29) is 10.7 Å². The van der Waals surface area contributed by atoms with Gasteiger partial charge in [0.25, 0.3) is 5.91 Å². The molecule has 0 saturated heterocycles. The summed E-state index contributed by atoms with van der Waals surface area (Å²) in [5.41, 5.74) is 2.16. The van der Waals surface area contributed by atoms with Crippen molar-refractivity contribution in [3.8, 4) is 5.88 Å². The first-order chi connectivity index (χ1) is 12.1. The average Bonchev–Trinajstić information content (AvgIpc) is 3.36. The monoisotopic (exact) mass is 357 g/mol.